The van der Waals surface area contributed by atoms with E-state index in [1.54, 1.807) is 10.8 Å². The Balaban J connectivity index is 1.19. The van der Waals surface area contributed by atoms with Gasteiger partial charge in [-0.05, 0) is 124 Å². The number of aromatic nitrogens is 1. The van der Waals surface area contributed by atoms with E-state index < -0.39 is 11.5 Å². The number of anilines is 1. The van der Waals surface area contributed by atoms with Gasteiger partial charge in [-0.1, -0.05) is 79.0 Å². The fraction of sp³-hybridized carbons (Fsp3) is 0.659. The Morgan fingerprint density at radius 1 is 1.06 bits per heavy atom. The first kappa shape index (κ1) is 37.1. The molecule has 290 valence electrons. The molecule has 7 bridgehead atoms. The van der Waals surface area contributed by atoms with Crippen molar-refractivity contribution < 1.29 is 24.2 Å². The SMILES string of the molecule is CCC1(C=C2OC(=O)C3=C2CCC2C4CCC5(C6=CCC(C7CCCCC7)C(NCC(C)O)SSCNc7cc(ccn7)CC4=C5C(=O)O6)C32)CCCC1. The predicted octanol–water partition coefficient (Wildman–Crippen LogP) is 9.15. The maximum Gasteiger partial charge on any atom is 0.340 e. The van der Waals surface area contributed by atoms with E-state index in [1.165, 1.54) is 50.5 Å². The highest BCUT2D eigenvalue weighted by molar-refractivity contribution is 8.76. The van der Waals surface area contributed by atoms with Crippen molar-refractivity contribution in [3.8, 4) is 0 Å². The molecule has 1 aromatic rings. The number of nitrogens with one attached hydrogen (secondary N) is 2. The minimum Gasteiger partial charge on any atom is -0.427 e. The fourth-order valence-corrected chi connectivity index (χ4v) is 14.7. The van der Waals surface area contributed by atoms with Gasteiger partial charge in [-0.15, -0.1) is 0 Å². The zero-order chi connectivity index (χ0) is 37.0. The Hall–Kier alpha value is -2.53. The van der Waals surface area contributed by atoms with Crippen LogP contribution in [-0.2, 0) is 25.5 Å². The largest absolute Gasteiger partial charge is 0.427 e. The van der Waals surface area contributed by atoms with E-state index in [0.717, 1.165) is 91.0 Å². The number of esters is 2. The third-order valence-electron chi connectivity index (χ3n) is 14.7. The van der Waals surface area contributed by atoms with Crippen LogP contribution in [0.25, 0.3) is 0 Å². The van der Waals surface area contributed by atoms with E-state index in [4.69, 9.17) is 9.47 Å². The molecule has 1 spiro atoms. The zero-order valence-corrected chi connectivity index (χ0v) is 33.6. The number of fused-ring (bicyclic) bond motifs is 3. The zero-order valence-electron chi connectivity index (χ0n) is 32.0. The molecule has 7 atom stereocenters. The summed E-state index contributed by atoms with van der Waals surface area (Å²) in [5.74, 6) is 3.86. The van der Waals surface area contributed by atoms with Crippen molar-refractivity contribution in [3.05, 3.63) is 69.9 Å². The average Bonchev–Trinajstić information content (AvgIpc) is 3.86. The van der Waals surface area contributed by atoms with Gasteiger partial charge in [0.25, 0.3) is 0 Å². The minimum atomic E-state index is -0.677. The normalized spacial score (nSPS) is 35.0. The highest BCUT2D eigenvalue weighted by Gasteiger charge is 2.68. The molecule has 0 amide bonds. The van der Waals surface area contributed by atoms with Crippen LogP contribution in [0.4, 0.5) is 5.82 Å². The van der Waals surface area contributed by atoms with Gasteiger partial charge in [-0.3, -0.25) is 0 Å². The standard InChI is InChI=1S/C44H57N3O5S2/c1-3-43(17-7-8-18-43)23-34-32-12-11-31-30-15-19-44(38(31)37(32)41(49)51-34)35-14-13-29(28-9-5-4-6-10-28)40(46-24-26(2)48)54-53-25-47-36-22-27(16-20-45-36)21-33(30)39(44)42(50)52-35/h14,16,20,22-23,26,28-31,38,40,46,48H,3-13,15,17-19,21,24-25H2,1-2H3,(H,45,47). The number of hydrogen-bond acceptors (Lipinski definition) is 10. The van der Waals surface area contributed by atoms with Gasteiger partial charge in [-0.25, -0.2) is 14.6 Å². The van der Waals surface area contributed by atoms with Crippen LogP contribution < -0.4 is 10.6 Å². The van der Waals surface area contributed by atoms with Crippen molar-refractivity contribution in [1.82, 2.24) is 10.3 Å². The molecule has 0 radical (unpaired) electrons. The van der Waals surface area contributed by atoms with Crippen molar-refractivity contribution in [2.75, 3.05) is 17.7 Å². The summed E-state index contributed by atoms with van der Waals surface area (Å²) in [4.78, 5) is 33.5. The maximum absolute atomic E-state index is 14.5. The molecule has 6 aliphatic carbocycles. The third-order valence-corrected chi connectivity index (χ3v) is 17.3. The number of pyridine rings is 1. The lowest BCUT2D eigenvalue weighted by molar-refractivity contribution is -0.135. The first-order valence-electron chi connectivity index (χ1n) is 21.0. The summed E-state index contributed by atoms with van der Waals surface area (Å²) in [5, 5.41) is 17.8. The Morgan fingerprint density at radius 2 is 1.89 bits per heavy atom. The number of nitrogens with zero attached hydrogens (tertiary/aromatic N) is 1. The molecule has 0 aromatic carbocycles. The van der Waals surface area contributed by atoms with Gasteiger partial charge >= 0.3 is 11.9 Å². The van der Waals surface area contributed by atoms with Gasteiger partial charge in [0.15, 0.2) is 0 Å². The van der Waals surface area contributed by atoms with Crippen molar-refractivity contribution in [2.45, 2.75) is 128 Å². The van der Waals surface area contributed by atoms with Crippen LogP contribution in [0, 0.1) is 40.4 Å². The molecule has 3 aliphatic heterocycles. The molecule has 1 saturated heterocycles. The van der Waals surface area contributed by atoms with Crippen LogP contribution in [-0.4, -0.2) is 45.9 Å². The molecule has 10 heteroatoms. The Labute approximate surface area is 328 Å². The molecule has 10 rings (SSSR count). The van der Waals surface area contributed by atoms with Crippen LogP contribution >= 0.6 is 21.6 Å². The summed E-state index contributed by atoms with van der Waals surface area (Å²) in [6.07, 6.45) is 23.0. The van der Waals surface area contributed by atoms with Crippen LogP contribution in [0.1, 0.15) is 116 Å². The number of rotatable bonds is 6. The molecule has 8 nitrogen and oxygen atoms in total. The summed E-state index contributed by atoms with van der Waals surface area (Å²) in [7, 11) is 3.64. The van der Waals surface area contributed by atoms with Crippen LogP contribution in [0.5, 0.6) is 0 Å². The number of hydrogen-bond donors (Lipinski definition) is 3. The molecule has 54 heavy (non-hydrogen) atoms. The number of carbonyl (C=O) groups is 2. The average molecular weight is 772 g/mol. The third kappa shape index (κ3) is 6.43. The summed E-state index contributed by atoms with van der Waals surface area (Å²) in [6, 6.07) is 4.22. The smallest absolute Gasteiger partial charge is 0.340 e. The minimum absolute atomic E-state index is 0.0940. The first-order chi connectivity index (χ1) is 26.3. The van der Waals surface area contributed by atoms with E-state index in [2.05, 4.69) is 46.8 Å². The van der Waals surface area contributed by atoms with E-state index in [-0.39, 0.29) is 46.4 Å². The molecule has 3 N–H and O–H groups in total. The Bertz CT molecular complexity index is 1790. The van der Waals surface area contributed by atoms with Crippen molar-refractivity contribution in [2.24, 2.45) is 40.4 Å². The van der Waals surface area contributed by atoms with Gasteiger partial charge in [0, 0.05) is 29.8 Å². The van der Waals surface area contributed by atoms with Crippen molar-refractivity contribution in [1.29, 1.82) is 0 Å². The number of aliphatic hydroxyl groups is 1. The highest BCUT2D eigenvalue weighted by Crippen LogP contribution is 2.71. The second-order valence-electron chi connectivity index (χ2n) is 17.6. The summed E-state index contributed by atoms with van der Waals surface area (Å²) in [5.41, 5.74) is 4.54. The Kier molecular flexibility index (Phi) is 10.4. The van der Waals surface area contributed by atoms with Gasteiger partial charge in [0.2, 0.25) is 0 Å². The van der Waals surface area contributed by atoms with Crippen molar-refractivity contribution >= 4 is 39.3 Å². The lowest BCUT2D eigenvalue weighted by atomic mass is 9.44. The monoisotopic (exact) mass is 771 g/mol. The lowest BCUT2D eigenvalue weighted by Gasteiger charge is -2.56. The molecule has 3 saturated carbocycles. The van der Waals surface area contributed by atoms with Gasteiger partial charge < -0.3 is 25.2 Å². The van der Waals surface area contributed by atoms with Gasteiger partial charge in [0.1, 0.15) is 17.3 Å². The van der Waals surface area contributed by atoms with Gasteiger partial charge in [0.05, 0.1) is 28.3 Å². The number of carbonyl (C=O) groups excluding carboxylic acids is 2. The van der Waals surface area contributed by atoms with E-state index in [1.807, 2.05) is 23.9 Å². The molecular formula is C44H57N3O5S2. The Morgan fingerprint density at radius 3 is 2.69 bits per heavy atom. The van der Waals surface area contributed by atoms with Crippen LogP contribution in [0.2, 0.25) is 0 Å². The summed E-state index contributed by atoms with van der Waals surface area (Å²) < 4.78 is 12.9. The highest BCUT2D eigenvalue weighted by atomic mass is 33.1. The molecule has 4 fully saturated rings. The second-order valence-corrected chi connectivity index (χ2v) is 20.1. The molecule has 4 heterocycles. The number of ether oxygens (including phenoxy) is 2. The van der Waals surface area contributed by atoms with E-state index >= 15 is 0 Å². The van der Waals surface area contributed by atoms with Gasteiger partial charge in [-0.2, -0.15) is 0 Å². The molecule has 7 unspecified atom stereocenters. The van der Waals surface area contributed by atoms with E-state index in [9.17, 15) is 14.7 Å². The second kappa shape index (κ2) is 15.1. The number of allylic oxidation sites excluding steroid dienone is 5. The van der Waals surface area contributed by atoms with Crippen molar-refractivity contribution in [3.63, 3.8) is 0 Å². The fourth-order valence-electron chi connectivity index (χ4n) is 12.2. The van der Waals surface area contributed by atoms with Crippen LogP contribution in [0.3, 0.4) is 0 Å². The lowest BCUT2D eigenvalue weighted by Crippen LogP contribution is -2.52. The first-order valence-corrected chi connectivity index (χ1v) is 23.4. The molecular weight excluding hydrogens is 715 g/mol. The number of aliphatic hydroxyl groups excluding tert-OH is 1. The topological polar surface area (TPSA) is 110 Å². The summed E-state index contributed by atoms with van der Waals surface area (Å²) >= 11 is 0. The molecule has 1 aromatic heterocycles. The predicted molar refractivity (Wildman–Crippen MR) is 215 cm³/mol. The summed E-state index contributed by atoms with van der Waals surface area (Å²) in [6.45, 7) is 4.63. The maximum atomic E-state index is 14.5. The van der Waals surface area contributed by atoms with E-state index in [0.29, 0.717) is 24.8 Å². The number of cyclic esters (lactones) is 1. The quantitative estimate of drug-likeness (QED) is 0.191. The molecule has 9 aliphatic rings. The van der Waals surface area contributed by atoms with Crippen LogP contribution in [0.15, 0.2) is 64.3 Å².